The quantitative estimate of drug-likeness (QED) is 0.695. The number of urea groups is 1. The van der Waals surface area contributed by atoms with Crippen LogP contribution in [0.2, 0.25) is 0 Å². The topological polar surface area (TPSA) is 43.8 Å². The van der Waals surface area contributed by atoms with Crippen molar-refractivity contribution >= 4 is 6.03 Å². The molecule has 0 radical (unpaired) electrons. The summed E-state index contributed by atoms with van der Waals surface area (Å²) in [5, 5.41) is 10.2. The molecular formula is C22H38N2O2. The van der Waals surface area contributed by atoms with Crippen LogP contribution in [0, 0.1) is 5.41 Å². The van der Waals surface area contributed by atoms with E-state index in [1.165, 1.54) is 38.5 Å². The van der Waals surface area contributed by atoms with Crippen molar-refractivity contribution in [1.29, 1.82) is 0 Å². The molecule has 1 unspecified atom stereocenters. The lowest BCUT2D eigenvalue weighted by atomic mass is 9.75. The van der Waals surface area contributed by atoms with Crippen LogP contribution in [-0.2, 0) is 0 Å². The van der Waals surface area contributed by atoms with Gasteiger partial charge in [0.1, 0.15) is 0 Å². The maximum absolute atomic E-state index is 13.5. The van der Waals surface area contributed by atoms with Gasteiger partial charge in [0, 0.05) is 30.6 Å². The highest BCUT2D eigenvalue weighted by Crippen LogP contribution is 2.40. The Balaban J connectivity index is 1.87. The van der Waals surface area contributed by atoms with Crippen molar-refractivity contribution in [3.05, 3.63) is 12.7 Å². The van der Waals surface area contributed by atoms with E-state index >= 15 is 0 Å². The van der Waals surface area contributed by atoms with E-state index in [1.54, 1.807) is 0 Å². The van der Waals surface area contributed by atoms with E-state index in [1.807, 2.05) is 13.0 Å². The summed E-state index contributed by atoms with van der Waals surface area (Å²) in [7, 11) is 0. The van der Waals surface area contributed by atoms with Crippen LogP contribution >= 0.6 is 0 Å². The van der Waals surface area contributed by atoms with Crippen LogP contribution in [0.15, 0.2) is 12.7 Å². The van der Waals surface area contributed by atoms with Crippen molar-refractivity contribution in [2.45, 2.75) is 102 Å². The van der Waals surface area contributed by atoms with E-state index in [-0.39, 0.29) is 17.6 Å². The molecule has 1 atom stereocenters. The van der Waals surface area contributed by atoms with Gasteiger partial charge in [-0.2, -0.15) is 0 Å². The molecule has 4 nitrogen and oxygen atoms in total. The minimum absolute atomic E-state index is 0.0568. The molecule has 4 heteroatoms. The van der Waals surface area contributed by atoms with Crippen LogP contribution in [0.25, 0.3) is 0 Å². The van der Waals surface area contributed by atoms with Gasteiger partial charge in [-0.3, -0.25) is 0 Å². The highest BCUT2D eigenvalue weighted by Gasteiger charge is 2.46. The number of aliphatic hydroxyl groups is 1. The lowest BCUT2D eigenvalue weighted by Crippen LogP contribution is -2.64. The van der Waals surface area contributed by atoms with Crippen LogP contribution in [0.5, 0.6) is 0 Å². The van der Waals surface area contributed by atoms with Crippen molar-refractivity contribution < 1.29 is 9.90 Å². The molecule has 0 aromatic rings. The van der Waals surface area contributed by atoms with Crippen molar-refractivity contribution in [2.24, 2.45) is 5.41 Å². The van der Waals surface area contributed by atoms with Gasteiger partial charge >= 0.3 is 6.03 Å². The SMILES string of the molecule is C=CCC1(CC(C)O)CN(C2CCCCC2)C(=O)N(C2CCCCC2)C1. The predicted octanol–water partition coefficient (Wildman–Crippen LogP) is 4.72. The Hall–Kier alpha value is -1.03. The van der Waals surface area contributed by atoms with Crippen LogP contribution in [0.3, 0.4) is 0 Å². The maximum atomic E-state index is 13.5. The summed E-state index contributed by atoms with van der Waals surface area (Å²) in [4.78, 5) is 17.9. The fraction of sp³-hybridized carbons (Fsp3) is 0.864. The fourth-order valence-electron chi connectivity index (χ4n) is 5.70. The van der Waals surface area contributed by atoms with E-state index in [0.29, 0.717) is 12.1 Å². The Morgan fingerprint density at radius 2 is 1.50 bits per heavy atom. The minimum atomic E-state index is -0.343. The number of rotatable bonds is 6. The Morgan fingerprint density at radius 1 is 1.04 bits per heavy atom. The smallest absolute Gasteiger partial charge is 0.320 e. The Kier molecular flexibility index (Phi) is 6.65. The van der Waals surface area contributed by atoms with E-state index in [4.69, 9.17) is 0 Å². The van der Waals surface area contributed by atoms with Gasteiger partial charge in [-0.25, -0.2) is 4.79 Å². The second kappa shape index (κ2) is 8.77. The van der Waals surface area contributed by atoms with Crippen LogP contribution in [0.1, 0.15) is 84.0 Å². The third-order valence-electron chi connectivity index (χ3n) is 6.84. The molecule has 26 heavy (non-hydrogen) atoms. The molecule has 0 aromatic carbocycles. The molecular weight excluding hydrogens is 324 g/mol. The summed E-state index contributed by atoms with van der Waals surface area (Å²) >= 11 is 0. The summed E-state index contributed by atoms with van der Waals surface area (Å²) in [5.74, 6) is 0. The standard InChI is InChI=1S/C22H38N2O2/c1-3-14-22(15-18(2)25)16-23(19-10-6-4-7-11-19)21(26)24(17-22)20-12-8-5-9-13-20/h3,18-20,25H,1,4-17H2,2H3. The molecule has 0 spiro atoms. The molecule has 1 aliphatic heterocycles. The van der Waals surface area contributed by atoms with Gasteiger partial charge in [0.2, 0.25) is 0 Å². The Morgan fingerprint density at radius 3 is 1.88 bits per heavy atom. The molecule has 148 valence electrons. The fourth-order valence-corrected chi connectivity index (χ4v) is 5.70. The number of allylic oxidation sites excluding steroid dienone is 1. The minimum Gasteiger partial charge on any atom is -0.393 e. The number of aliphatic hydroxyl groups excluding tert-OH is 1. The first kappa shape index (κ1) is 19.7. The lowest BCUT2D eigenvalue weighted by Gasteiger charge is -2.53. The van der Waals surface area contributed by atoms with Crippen molar-refractivity contribution in [1.82, 2.24) is 9.80 Å². The molecule has 0 aromatic heterocycles. The summed E-state index contributed by atoms with van der Waals surface area (Å²) in [6.45, 7) is 7.46. The molecule has 1 N–H and O–H groups in total. The van der Waals surface area contributed by atoms with Crippen molar-refractivity contribution in [3.63, 3.8) is 0 Å². The number of carbonyl (C=O) groups is 1. The van der Waals surface area contributed by atoms with Gasteiger partial charge < -0.3 is 14.9 Å². The first-order valence-corrected chi connectivity index (χ1v) is 10.9. The van der Waals surface area contributed by atoms with Gasteiger partial charge in [0.25, 0.3) is 0 Å². The number of amides is 2. The third-order valence-corrected chi connectivity index (χ3v) is 6.84. The predicted molar refractivity (Wildman–Crippen MR) is 106 cm³/mol. The van der Waals surface area contributed by atoms with Crippen molar-refractivity contribution in [2.75, 3.05) is 13.1 Å². The van der Waals surface area contributed by atoms with Gasteiger partial charge in [-0.15, -0.1) is 6.58 Å². The van der Waals surface area contributed by atoms with Crippen LogP contribution in [-0.4, -0.2) is 52.2 Å². The number of hydrogen-bond acceptors (Lipinski definition) is 2. The molecule has 2 aliphatic carbocycles. The monoisotopic (exact) mass is 362 g/mol. The first-order valence-electron chi connectivity index (χ1n) is 10.9. The zero-order valence-electron chi connectivity index (χ0n) is 16.7. The molecule has 1 heterocycles. The van der Waals surface area contributed by atoms with E-state index < -0.39 is 0 Å². The molecule has 3 rings (SSSR count). The maximum Gasteiger partial charge on any atom is 0.320 e. The zero-order valence-corrected chi connectivity index (χ0v) is 16.7. The molecule has 0 bridgehead atoms. The first-order chi connectivity index (χ1) is 12.5. The van der Waals surface area contributed by atoms with Gasteiger partial charge in [-0.1, -0.05) is 44.6 Å². The van der Waals surface area contributed by atoms with Crippen LogP contribution < -0.4 is 0 Å². The molecule has 3 aliphatic rings. The number of carbonyl (C=O) groups excluding carboxylic acids is 1. The average Bonchev–Trinajstić information content (AvgIpc) is 2.64. The lowest BCUT2D eigenvalue weighted by molar-refractivity contribution is -0.0158. The summed E-state index contributed by atoms with van der Waals surface area (Å²) in [5.41, 5.74) is -0.0568. The summed E-state index contributed by atoms with van der Waals surface area (Å²) in [6, 6.07) is 1.05. The van der Waals surface area contributed by atoms with Gasteiger partial charge in [0.05, 0.1) is 6.10 Å². The Bertz CT molecular complexity index is 449. The highest BCUT2D eigenvalue weighted by molar-refractivity contribution is 5.76. The second-order valence-corrected chi connectivity index (χ2v) is 9.17. The van der Waals surface area contributed by atoms with E-state index in [2.05, 4.69) is 16.4 Å². The average molecular weight is 363 g/mol. The van der Waals surface area contributed by atoms with E-state index in [9.17, 15) is 9.90 Å². The summed E-state index contributed by atoms with van der Waals surface area (Å²) < 4.78 is 0. The molecule has 3 fully saturated rings. The third kappa shape index (κ3) is 4.44. The largest absolute Gasteiger partial charge is 0.393 e. The van der Waals surface area contributed by atoms with Gasteiger partial charge in [-0.05, 0) is 45.4 Å². The summed E-state index contributed by atoms with van der Waals surface area (Å²) in [6.07, 6.45) is 15.4. The Labute approximate surface area is 159 Å². The molecule has 2 saturated carbocycles. The molecule has 2 amide bonds. The second-order valence-electron chi connectivity index (χ2n) is 9.17. The van der Waals surface area contributed by atoms with Crippen molar-refractivity contribution in [3.8, 4) is 0 Å². The highest BCUT2D eigenvalue weighted by atomic mass is 16.3. The van der Waals surface area contributed by atoms with Crippen LogP contribution in [0.4, 0.5) is 4.79 Å². The number of nitrogens with zero attached hydrogens (tertiary/aromatic N) is 2. The zero-order chi connectivity index (χ0) is 18.6. The number of hydrogen-bond donors (Lipinski definition) is 1. The molecule has 1 saturated heterocycles. The normalized spacial score (nSPS) is 26.8. The van der Waals surface area contributed by atoms with Gasteiger partial charge in [0.15, 0.2) is 0 Å². The van der Waals surface area contributed by atoms with E-state index in [0.717, 1.165) is 51.6 Å².